The van der Waals surface area contributed by atoms with Crippen LogP contribution in [0.15, 0.2) is 97.1 Å². The third-order valence-electron chi connectivity index (χ3n) is 6.40. The van der Waals surface area contributed by atoms with Gasteiger partial charge in [0.05, 0.1) is 23.2 Å². The number of hydrogen-bond donors (Lipinski definition) is 1. The lowest BCUT2D eigenvalue weighted by Crippen LogP contribution is -2.33. The van der Waals surface area contributed by atoms with E-state index in [4.69, 9.17) is 0 Å². The highest BCUT2D eigenvalue weighted by molar-refractivity contribution is 6.24. The van der Waals surface area contributed by atoms with Gasteiger partial charge in [-0.2, -0.15) is 0 Å². The largest absolute Gasteiger partial charge is 0.733 e. The molecule has 0 saturated carbocycles. The first-order valence-electron chi connectivity index (χ1n) is 10.5. The molecule has 1 N–H and O–H groups in total. The molecule has 2 aliphatic rings. The fourth-order valence-corrected chi connectivity index (χ4v) is 4.99. The van der Waals surface area contributed by atoms with Crippen molar-refractivity contribution in [3.05, 3.63) is 113 Å². The van der Waals surface area contributed by atoms with Crippen LogP contribution in [-0.4, -0.2) is 17.0 Å². The van der Waals surface area contributed by atoms with Gasteiger partial charge in [0.15, 0.2) is 0 Å². The van der Waals surface area contributed by atoms with Crippen molar-refractivity contribution in [3.8, 4) is 0 Å². The summed E-state index contributed by atoms with van der Waals surface area (Å²) in [5, 5.41) is 21.0. The number of fused-ring (bicyclic) bond motifs is 1. The van der Waals surface area contributed by atoms with Crippen molar-refractivity contribution >= 4 is 23.2 Å². The number of benzene rings is 3. The Labute approximate surface area is 185 Å². The van der Waals surface area contributed by atoms with Crippen LogP contribution in [0.1, 0.15) is 23.0 Å². The van der Waals surface area contributed by atoms with Crippen molar-refractivity contribution in [3.63, 3.8) is 0 Å². The Morgan fingerprint density at radius 3 is 1.59 bits per heavy atom. The molecular weight excluding hydrogens is 404 g/mol. The summed E-state index contributed by atoms with van der Waals surface area (Å²) in [5.74, 6) is -2.51. The Morgan fingerprint density at radius 1 is 0.688 bits per heavy atom. The predicted octanol–water partition coefficient (Wildman–Crippen LogP) is 4.62. The Bertz CT molecular complexity index is 1110. The third kappa shape index (κ3) is 3.21. The van der Waals surface area contributed by atoms with Gasteiger partial charge >= 0.3 is 0 Å². The highest BCUT2D eigenvalue weighted by atomic mass is 16.8. The molecule has 6 nitrogen and oxygen atoms in total. The van der Waals surface area contributed by atoms with E-state index in [9.17, 15) is 20.0 Å². The lowest BCUT2D eigenvalue weighted by atomic mass is 9.68. The van der Waals surface area contributed by atoms with E-state index in [0.717, 1.165) is 16.0 Å². The first kappa shape index (κ1) is 20.2. The fourth-order valence-electron chi connectivity index (χ4n) is 4.99. The summed E-state index contributed by atoms with van der Waals surface area (Å²) in [6, 6.07) is 25.4. The topological polar surface area (TPSA) is 83.9 Å². The SMILES string of the molecule is O=C1[C@@H]2[C@H](C(=O)N1c1ccccc1N([O-])O)[C@H](c1ccccc1)C=C[C@@H]2c1ccccc1. The Kier molecular flexibility index (Phi) is 5.09. The molecule has 0 radical (unpaired) electrons. The quantitative estimate of drug-likeness (QED) is 0.375. The minimum absolute atomic E-state index is 0.0908. The smallest absolute Gasteiger partial charge is 0.238 e. The predicted molar refractivity (Wildman–Crippen MR) is 121 cm³/mol. The average molecular weight is 425 g/mol. The van der Waals surface area contributed by atoms with Gasteiger partial charge in [0, 0.05) is 11.8 Å². The van der Waals surface area contributed by atoms with E-state index < -0.39 is 11.8 Å². The van der Waals surface area contributed by atoms with Crippen LogP contribution in [0.2, 0.25) is 0 Å². The average Bonchev–Trinajstić information content (AvgIpc) is 3.10. The number of rotatable bonds is 4. The molecule has 3 aromatic rings. The summed E-state index contributed by atoms with van der Waals surface area (Å²) in [6.45, 7) is 0. The monoisotopic (exact) mass is 425 g/mol. The molecule has 3 aromatic carbocycles. The summed E-state index contributed by atoms with van der Waals surface area (Å²) < 4.78 is 0. The molecule has 1 aliphatic carbocycles. The maximum atomic E-state index is 13.8. The Balaban J connectivity index is 1.65. The van der Waals surface area contributed by atoms with Crippen molar-refractivity contribution in [2.75, 3.05) is 10.1 Å². The van der Waals surface area contributed by atoms with Crippen LogP contribution >= 0.6 is 0 Å². The van der Waals surface area contributed by atoms with Gasteiger partial charge in [-0.1, -0.05) is 84.9 Å². The number of allylic oxidation sites excluding steroid dienone is 2. The van der Waals surface area contributed by atoms with E-state index >= 15 is 0 Å². The van der Waals surface area contributed by atoms with E-state index in [-0.39, 0.29) is 40.3 Å². The van der Waals surface area contributed by atoms with Crippen molar-refractivity contribution in [1.82, 2.24) is 0 Å². The van der Waals surface area contributed by atoms with Gasteiger partial charge in [0.2, 0.25) is 11.8 Å². The normalized spacial score (nSPS) is 24.5. The number of carbonyl (C=O) groups is 2. The van der Waals surface area contributed by atoms with Crippen molar-refractivity contribution < 1.29 is 14.8 Å². The second-order valence-corrected chi connectivity index (χ2v) is 8.08. The number of anilines is 2. The van der Waals surface area contributed by atoms with Crippen LogP contribution in [0, 0.1) is 17.0 Å². The van der Waals surface area contributed by atoms with E-state index in [2.05, 4.69) is 0 Å². The number of imide groups is 1. The standard InChI is InChI=1S/C26H21N2O4/c29-25-23-19(17-9-3-1-4-10-17)15-16-20(18-11-5-2-6-12-18)24(23)26(30)27(25)21-13-7-8-14-22(21)28(31)32/h1-16,19-20,23-24,31H/q-1/t19-,20+,23+,24-. The van der Waals surface area contributed by atoms with Gasteiger partial charge in [-0.15, -0.1) is 0 Å². The lowest BCUT2D eigenvalue weighted by Gasteiger charge is -2.32. The molecule has 0 spiro atoms. The van der Waals surface area contributed by atoms with Crippen molar-refractivity contribution in [2.45, 2.75) is 11.8 Å². The van der Waals surface area contributed by atoms with Crippen LogP contribution < -0.4 is 10.1 Å². The molecule has 32 heavy (non-hydrogen) atoms. The van der Waals surface area contributed by atoms with Crippen LogP contribution in [0.4, 0.5) is 11.4 Å². The molecule has 0 bridgehead atoms. The molecule has 1 fully saturated rings. The van der Waals surface area contributed by atoms with Gasteiger partial charge in [-0.05, 0) is 23.3 Å². The molecule has 0 aromatic heterocycles. The molecule has 0 unspecified atom stereocenters. The van der Waals surface area contributed by atoms with E-state index in [1.54, 1.807) is 12.1 Å². The maximum absolute atomic E-state index is 13.8. The number of hydrogen-bond acceptors (Lipinski definition) is 5. The van der Waals surface area contributed by atoms with Crippen LogP contribution in [0.25, 0.3) is 0 Å². The molecule has 6 heteroatoms. The number of para-hydroxylation sites is 2. The first-order chi connectivity index (χ1) is 15.6. The van der Waals surface area contributed by atoms with Crippen LogP contribution in [-0.2, 0) is 9.59 Å². The highest BCUT2D eigenvalue weighted by Crippen LogP contribution is 2.51. The molecule has 1 saturated heterocycles. The molecule has 1 aliphatic heterocycles. The number of amides is 2. The van der Waals surface area contributed by atoms with E-state index in [0.29, 0.717) is 0 Å². The van der Waals surface area contributed by atoms with Gasteiger partial charge in [-0.25, -0.2) is 4.90 Å². The molecular formula is C26H21N2O4-. The van der Waals surface area contributed by atoms with Gasteiger partial charge < -0.3 is 10.4 Å². The van der Waals surface area contributed by atoms with Gasteiger partial charge in [0.25, 0.3) is 0 Å². The second-order valence-electron chi connectivity index (χ2n) is 8.08. The number of nitrogens with zero attached hydrogens (tertiary/aromatic N) is 2. The molecule has 5 rings (SSSR count). The minimum Gasteiger partial charge on any atom is -0.733 e. The molecule has 1 heterocycles. The first-order valence-corrected chi connectivity index (χ1v) is 10.5. The molecule has 160 valence electrons. The summed E-state index contributed by atoms with van der Waals surface area (Å²) in [7, 11) is 0. The maximum Gasteiger partial charge on any atom is 0.238 e. The summed E-state index contributed by atoms with van der Waals surface area (Å²) in [5.41, 5.74) is 1.85. The summed E-state index contributed by atoms with van der Waals surface area (Å²) in [6.07, 6.45) is 4.03. The van der Waals surface area contributed by atoms with Gasteiger partial charge in [-0.3, -0.25) is 14.8 Å². The van der Waals surface area contributed by atoms with E-state index in [1.165, 1.54) is 12.1 Å². The molecule has 4 atom stereocenters. The zero-order chi connectivity index (χ0) is 22.2. The zero-order valence-electron chi connectivity index (χ0n) is 17.1. The zero-order valence-corrected chi connectivity index (χ0v) is 17.1. The second kappa shape index (κ2) is 8.07. The summed E-state index contributed by atoms with van der Waals surface area (Å²) >= 11 is 0. The van der Waals surface area contributed by atoms with Crippen molar-refractivity contribution in [2.24, 2.45) is 11.8 Å². The van der Waals surface area contributed by atoms with Gasteiger partial charge in [0.1, 0.15) is 0 Å². The fraction of sp³-hybridized carbons (Fsp3) is 0.154. The highest BCUT2D eigenvalue weighted by Gasteiger charge is 2.55. The third-order valence-corrected chi connectivity index (χ3v) is 6.40. The minimum atomic E-state index is -0.619. The Morgan fingerprint density at radius 2 is 1.12 bits per heavy atom. The van der Waals surface area contributed by atoms with Crippen LogP contribution in [0.3, 0.4) is 0 Å². The van der Waals surface area contributed by atoms with Crippen LogP contribution in [0.5, 0.6) is 0 Å². The number of carbonyl (C=O) groups excluding carboxylic acids is 2. The van der Waals surface area contributed by atoms with E-state index in [1.807, 2.05) is 72.8 Å². The lowest BCUT2D eigenvalue weighted by molar-refractivity contribution is -0.122. The summed E-state index contributed by atoms with van der Waals surface area (Å²) in [4.78, 5) is 28.6. The van der Waals surface area contributed by atoms with Crippen molar-refractivity contribution in [1.29, 1.82) is 0 Å². The molecule has 2 amide bonds. The Hall–Kier alpha value is -3.74.